The molecule has 29 heavy (non-hydrogen) atoms. The average Bonchev–Trinajstić information content (AvgIpc) is 2.72. The Morgan fingerprint density at radius 1 is 1.07 bits per heavy atom. The van der Waals surface area contributed by atoms with Crippen LogP contribution in [0.3, 0.4) is 0 Å². The van der Waals surface area contributed by atoms with Crippen LogP contribution in [0.1, 0.15) is 15.9 Å². The molecular weight excluding hydrogens is 377 g/mol. The zero-order chi connectivity index (χ0) is 20.4. The predicted molar refractivity (Wildman–Crippen MR) is 106 cm³/mol. The van der Waals surface area contributed by atoms with Crippen molar-refractivity contribution in [3.63, 3.8) is 0 Å². The Hall–Kier alpha value is -3.59. The molecule has 2 heterocycles. The van der Waals surface area contributed by atoms with Crippen molar-refractivity contribution in [2.75, 3.05) is 36.5 Å². The third kappa shape index (κ3) is 4.14. The van der Waals surface area contributed by atoms with E-state index in [0.29, 0.717) is 35.6 Å². The summed E-state index contributed by atoms with van der Waals surface area (Å²) in [6.45, 7) is 2.69. The van der Waals surface area contributed by atoms with Crippen molar-refractivity contribution in [2.24, 2.45) is 5.73 Å². The molecule has 0 saturated carbocycles. The quantitative estimate of drug-likeness (QED) is 0.656. The van der Waals surface area contributed by atoms with Gasteiger partial charge < -0.3 is 20.7 Å². The second kappa shape index (κ2) is 7.80. The molecule has 3 N–H and O–H groups in total. The lowest BCUT2D eigenvalue weighted by molar-refractivity contribution is 0.103. The van der Waals surface area contributed by atoms with Crippen molar-refractivity contribution in [3.8, 4) is 0 Å². The highest BCUT2D eigenvalue weighted by Crippen LogP contribution is 2.21. The van der Waals surface area contributed by atoms with Gasteiger partial charge in [0.15, 0.2) is 5.78 Å². The Kier molecular flexibility index (Phi) is 5.05. The van der Waals surface area contributed by atoms with E-state index in [4.69, 9.17) is 10.5 Å². The van der Waals surface area contributed by atoms with Crippen molar-refractivity contribution in [1.82, 2.24) is 9.97 Å². The summed E-state index contributed by atoms with van der Waals surface area (Å²) in [5.41, 5.74) is 6.80. The second-order valence-electron chi connectivity index (χ2n) is 6.58. The van der Waals surface area contributed by atoms with Crippen molar-refractivity contribution < 1.29 is 18.7 Å². The maximum absolute atomic E-state index is 13.9. The number of hydrogen-bond donors (Lipinski definition) is 2. The van der Waals surface area contributed by atoms with Crippen LogP contribution in [0.5, 0.6) is 0 Å². The minimum Gasteiger partial charge on any atom is -0.378 e. The number of carbonyl (C=O) groups excluding carboxylic acids is 2. The highest BCUT2D eigenvalue weighted by Gasteiger charge is 2.16. The second-order valence-corrected chi connectivity index (χ2v) is 6.58. The number of fused-ring (bicyclic) bond motifs is 1. The van der Waals surface area contributed by atoms with Crippen LogP contribution in [0.2, 0.25) is 0 Å². The largest absolute Gasteiger partial charge is 0.378 e. The summed E-state index contributed by atoms with van der Waals surface area (Å²) in [7, 11) is 0. The number of anilines is 2. The molecule has 1 aliphatic heterocycles. The molecule has 0 unspecified atom stereocenters. The zero-order valence-corrected chi connectivity index (χ0v) is 15.4. The Labute approximate surface area is 165 Å². The maximum Gasteiger partial charge on any atom is 0.316 e. The lowest BCUT2D eigenvalue weighted by Crippen LogP contribution is -2.36. The Balaban J connectivity index is 1.67. The van der Waals surface area contributed by atoms with Gasteiger partial charge in [-0.15, -0.1) is 0 Å². The number of ether oxygens (including phenoxy) is 1. The number of hydrogen-bond acceptors (Lipinski definition) is 6. The van der Waals surface area contributed by atoms with E-state index in [1.54, 1.807) is 24.4 Å². The van der Waals surface area contributed by atoms with Crippen LogP contribution in [-0.4, -0.2) is 48.1 Å². The molecule has 3 aromatic rings. The van der Waals surface area contributed by atoms with Crippen LogP contribution >= 0.6 is 0 Å². The first-order chi connectivity index (χ1) is 14.0. The number of morpholine rings is 1. The minimum atomic E-state index is -0.842. The number of aromatic nitrogens is 2. The summed E-state index contributed by atoms with van der Waals surface area (Å²) in [6.07, 6.45) is 1.70. The first-order valence-corrected chi connectivity index (χ1v) is 9.01. The number of nitrogens with zero attached hydrogens (tertiary/aromatic N) is 3. The van der Waals surface area contributed by atoms with E-state index in [2.05, 4.69) is 20.2 Å². The third-order valence-electron chi connectivity index (χ3n) is 4.55. The average molecular weight is 395 g/mol. The molecule has 4 rings (SSSR count). The third-order valence-corrected chi connectivity index (χ3v) is 4.55. The molecule has 148 valence electrons. The van der Waals surface area contributed by atoms with Crippen molar-refractivity contribution in [1.29, 1.82) is 0 Å². The number of carbonyl (C=O) groups is 2. The van der Waals surface area contributed by atoms with E-state index in [1.807, 2.05) is 0 Å². The molecule has 8 nitrogen and oxygen atoms in total. The number of halogens is 1. The predicted octanol–water partition coefficient (Wildman–Crippen LogP) is 2.33. The molecule has 2 aromatic carbocycles. The van der Waals surface area contributed by atoms with Gasteiger partial charge in [-0.1, -0.05) is 0 Å². The van der Waals surface area contributed by atoms with Gasteiger partial charge in [-0.05, 0) is 36.4 Å². The molecule has 1 aliphatic rings. The lowest BCUT2D eigenvalue weighted by Gasteiger charge is -2.27. The van der Waals surface area contributed by atoms with E-state index < -0.39 is 17.6 Å². The van der Waals surface area contributed by atoms with Gasteiger partial charge in [-0.3, -0.25) is 9.78 Å². The molecule has 0 bridgehead atoms. The highest BCUT2D eigenvalue weighted by molar-refractivity contribution is 6.11. The van der Waals surface area contributed by atoms with Gasteiger partial charge in [0.25, 0.3) is 0 Å². The van der Waals surface area contributed by atoms with Crippen LogP contribution in [0.25, 0.3) is 11.0 Å². The number of rotatable bonds is 4. The fraction of sp³-hybridized carbons (Fsp3) is 0.200. The molecule has 1 aromatic heterocycles. The summed E-state index contributed by atoms with van der Waals surface area (Å²) in [4.78, 5) is 35.0. The van der Waals surface area contributed by atoms with E-state index in [1.165, 1.54) is 6.07 Å². The number of nitrogens with two attached hydrogens (primary N) is 1. The van der Waals surface area contributed by atoms with Crippen LogP contribution in [0.4, 0.5) is 20.7 Å². The number of benzene rings is 2. The molecule has 0 atom stereocenters. The molecule has 0 spiro atoms. The van der Waals surface area contributed by atoms with Crippen molar-refractivity contribution in [2.45, 2.75) is 0 Å². The van der Waals surface area contributed by atoms with Gasteiger partial charge in [-0.25, -0.2) is 14.2 Å². The minimum absolute atomic E-state index is 0.0883. The smallest absolute Gasteiger partial charge is 0.316 e. The van der Waals surface area contributed by atoms with E-state index >= 15 is 0 Å². The van der Waals surface area contributed by atoms with Crippen LogP contribution in [0.15, 0.2) is 42.6 Å². The van der Waals surface area contributed by atoms with Gasteiger partial charge in [0.1, 0.15) is 11.6 Å². The number of nitrogens with one attached hydrogen (secondary N) is 1. The standard InChI is InChI=1S/C20H18FN5O3/c21-14-7-13(8-15(10-14)24-20(22)28)19(27)12-1-2-16-17(9-12)25-18(11-23-16)26-3-5-29-6-4-26/h1-2,7-11H,3-6H2,(H3,22,24,28). The molecule has 0 radical (unpaired) electrons. The molecule has 1 saturated heterocycles. The first kappa shape index (κ1) is 18.8. The fourth-order valence-corrected chi connectivity index (χ4v) is 3.19. The molecule has 2 amide bonds. The van der Waals surface area contributed by atoms with Gasteiger partial charge in [0.05, 0.1) is 30.4 Å². The van der Waals surface area contributed by atoms with Gasteiger partial charge in [-0.2, -0.15) is 0 Å². The van der Waals surface area contributed by atoms with Crippen LogP contribution in [0, 0.1) is 5.82 Å². The summed E-state index contributed by atoms with van der Waals surface area (Å²) in [5, 5.41) is 2.27. The number of primary amides is 1. The van der Waals surface area contributed by atoms with E-state index in [-0.39, 0.29) is 11.3 Å². The van der Waals surface area contributed by atoms with E-state index in [0.717, 1.165) is 25.2 Å². The topological polar surface area (TPSA) is 110 Å². The number of ketones is 1. The van der Waals surface area contributed by atoms with Crippen LogP contribution in [-0.2, 0) is 4.74 Å². The fourth-order valence-electron chi connectivity index (χ4n) is 3.19. The molecular formula is C20H18FN5O3. The van der Waals surface area contributed by atoms with Crippen LogP contribution < -0.4 is 16.0 Å². The van der Waals surface area contributed by atoms with Gasteiger partial charge >= 0.3 is 6.03 Å². The zero-order valence-electron chi connectivity index (χ0n) is 15.4. The molecule has 1 fully saturated rings. The van der Waals surface area contributed by atoms with Crippen molar-refractivity contribution >= 4 is 34.4 Å². The Morgan fingerprint density at radius 2 is 1.86 bits per heavy atom. The Morgan fingerprint density at radius 3 is 2.62 bits per heavy atom. The normalized spacial score (nSPS) is 14.0. The first-order valence-electron chi connectivity index (χ1n) is 9.01. The monoisotopic (exact) mass is 395 g/mol. The lowest BCUT2D eigenvalue weighted by atomic mass is 10.0. The summed E-state index contributed by atoms with van der Waals surface area (Å²) in [5.74, 6) is -0.351. The Bertz CT molecular complexity index is 1100. The summed E-state index contributed by atoms with van der Waals surface area (Å²) < 4.78 is 19.2. The van der Waals surface area contributed by atoms with Crippen molar-refractivity contribution in [3.05, 3.63) is 59.5 Å². The molecule has 0 aliphatic carbocycles. The van der Waals surface area contributed by atoms with Gasteiger partial charge in [0.2, 0.25) is 0 Å². The number of amides is 2. The molecule has 9 heteroatoms. The SMILES string of the molecule is NC(=O)Nc1cc(F)cc(C(=O)c2ccc3ncc(N4CCOCC4)nc3c2)c1. The maximum atomic E-state index is 13.9. The highest BCUT2D eigenvalue weighted by atomic mass is 19.1. The summed E-state index contributed by atoms with van der Waals surface area (Å²) >= 11 is 0. The van der Waals surface area contributed by atoms with Gasteiger partial charge in [0, 0.05) is 29.9 Å². The summed E-state index contributed by atoms with van der Waals surface area (Å²) in [6, 6.07) is 7.65. The number of urea groups is 1. The van der Waals surface area contributed by atoms with E-state index in [9.17, 15) is 14.0 Å².